The monoisotopic (exact) mass is 923 g/mol. The van der Waals surface area contributed by atoms with Gasteiger partial charge in [-0.25, -0.2) is 4.98 Å². The molecule has 0 amide bonds. The zero-order valence-corrected chi connectivity index (χ0v) is 30.3. The van der Waals surface area contributed by atoms with Crippen LogP contribution in [0.25, 0.3) is 11.5 Å². The summed E-state index contributed by atoms with van der Waals surface area (Å²) in [6, 6.07) is 20.0. The van der Waals surface area contributed by atoms with E-state index in [1.165, 1.54) is 5.56 Å². The summed E-state index contributed by atoms with van der Waals surface area (Å²) in [6.45, 7) is 5.71. The van der Waals surface area contributed by atoms with Crippen LogP contribution >= 0.6 is 23.2 Å². The minimum Gasteiger partial charge on any atom is -0.674 e. The van der Waals surface area contributed by atoms with Crippen molar-refractivity contribution >= 4 is 29.0 Å². The number of rotatable bonds is 6. The van der Waals surface area contributed by atoms with E-state index in [4.69, 9.17) is 34.7 Å². The third kappa shape index (κ3) is 11.0. The van der Waals surface area contributed by atoms with Crippen LogP contribution in [0.5, 0.6) is 0 Å². The summed E-state index contributed by atoms with van der Waals surface area (Å²) < 4.78 is 0. The van der Waals surface area contributed by atoms with E-state index in [9.17, 15) is 0 Å². The van der Waals surface area contributed by atoms with E-state index in [0.29, 0.717) is 24.0 Å². The second-order valence-corrected chi connectivity index (χ2v) is 8.42. The Hall–Kier alpha value is 0.733. The molecule has 0 spiro atoms. The van der Waals surface area contributed by atoms with Gasteiger partial charge in [-0.1, -0.05) is 71.3 Å². The van der Waals surface area contributed by atoms with Gasteiger partial charge in [-0.2, -0.15) is 0 Å². The van der Waals surface area contributed by atoms with E-state index in [0.717, 1.165) is 55.2 Å². The van der Waals surface area contributed by atoms with Crippen LogP contribution in [-0.2, 0) is 25.5 Å². The summed E-state index contributed by atoms with van der Waals surface area (Å²) in [5.74, 6) is 1.56. The van der Waals surface area contributed by atoms with Crippen molar-refractivity contribution in [1.29, 1.82) is 0 Å². The second kappa shape index (κ2) is 18.1. The fourth-order valence-corrected chi connectivity index (χ4v) is 3.75. The van der Waals surface area contributed by atoms with Crippen LogP contribution in [0.3, 0.4) is 0 Å². The van der Waals surface area contributed by atoms with Crippen LogP contribution in [0.2, 0.25) is 5.02 Å². The van der Waals surface area contributed by atoms with Crippen molar-refractivity contribution < 1.29 is 88.1 Å². The predicted molar refractivity (Wildman–Crippen MR) is 135 cm³/mol. The molecule has 2 aromatic carbocycles. The minimum atomic E-state index is 0. The van der Waals surface area contributed by atoms with Gasteiger partial charge >= 0.3 is 0 Å². The van der Waals surface area contributed by atoms with Crippen LogP contribution in [0, 0.1) is 88.1 Å². The van der Waals surface area contributed by atoms with Crippen molar-refractivity contribution in [2.75, 3.05) is 31.1 Å². The molecule has 0 saturated carbocycles. The molecule has 0 aliphatic carbocycles. The molecule has 4 rings (SSSR count). The van der Waals surface area contributed by atoms with Crippen LogP contribution in [0.4, 0.5) is 5.82 Å². The maximum Gasteiger partial charge on any atom is 0.128 e. The number of halogens is 2. The van der Waals surface area contributed by atoms with Gasteiger partial charge in [0.05, 0.1) is 5.02 Å². The van der Waals surface area contributed by atoms with Crippen molar-refractivity contribution in [3.05, 3.63) is 106 Å². The van der Waals surface area contributed by atoms with Crippen molar-refractivity contribution in [2.45, 2.75) is 25.5 Å². The van der Waals surface area contributed by atoms with Crippen molar-refractivity contribution in [2.24, 2.45) is 0 Å². The van der Waals surface area contributed by atoms with E-state index < -0.39 is 0 Å². The summed E-state index contributed by atoms with van der Waals surface area (Å²) in [6.07, 6.45) is 1.71. The Kier molecular flexibility index (Phi) is 17.4. The fraction of sp³-hybridized carbons (Fsp3) is 0.320. The van der Waals surface area contributed by atoms with Crippen molar-refractivity contribution in [3.63, 3.8) is 0 Å². The first-order chi connectivity index (χ1) is 15.6. The molecule has 1 saturated heterocycles. The molecule has 0 bridgehead atoms. The summed E-state index contributed by atoms with van der Waals surface area (Å²) in [7, 11) is 0. The Morgan fingerprint density at radius 2 is 1.21 bits per heavy atom. The van der Waals surface area contributed by atoms with Gasteiger partial charge in [0, 0.05) is 133 Å². The SMILES string of the molecule is [Ac].[Ac].[NH-]Cc1ccc(CCl)cc1.[NH-]Cc1ccc(CN2CCN(c3ccc(Cl)cn3)CC2)cc1. The summed E-state index contributed by atoms with van der Waals surface area (Å²) >= 11 is 11.5. The number of nitrogens with zero attached hydrogens (tertiary/aromatic N) is 3. The summed E-state index contributed by atoms with van der Waals surface area (Å²) in [5, 5.41) is 0.679. The minimum absolute atomic E-state index is 0. The van der Waals surface area contributed by atoms with Crippen molar-refractivity contribution in [3.8, 4) is 0 Å². The number of hydrogen-bond acceptors (Lipinski definition) is 3. The Balaban J connectivity index is 0.000000411. The molecule has 5 nitrogen and oxygen atoms in total. The quantitative estimate of drug-likeness (QED) is 0.263. The topological polar surface area (TPSA) is 67.0 Å². The van der Waals surface area contributed by atoms with Gasteiger partial charge in [0.2, 0.25) is 0 Å². The Bertz CT molecular complexity index is 910. The molecule has 34 heavy (non-hydrogen) atoms. The molecule has 0 atom stereocenters. The second-order valence-electron chi connectivity index (χ2n) is 7.72. The first-order valence-corrected chi connectivity index (χ1v) is 11.6. The maximum absolute atomic E-state index is 7.35. The molecule has 1 aliphatic heterocycles. The molecule has 2 radical (unpaired) electrons. The van der Waals surface area contributed by atoms with E-state index in [1.54, 1.807) is 6.20 Å². The summed E-state index contributed by atoms with van der Waals surface area (Å²) in [5.41, 5.74) is 18.9. The number of nitrogens with one attached hydrogen (secondary N) is 2. The van der Waals surface area contributed by atoms with Crippen molar-refractivity contribution in [1.82, 2.24) is 9.88 Å². The van der Waals surface area contributed by atoms with Gasteiger partial charge in [-0.15, -0.1) is 24.7 Å². The van der Waals surface area contributed by atoms with Crippen LogP contribution in [0.1, 0.15) is 22.3 Å². The number of piperazine rings is 1. The molecule has 3 aromatic rings. The van der Waals surface area contributed by atoms with Gasteiger partial charge in [0.15, 0.2) is 0 Å². The number of pyridine rings is 1. The Labute approximate surface area is 285 Å². The molecule has 2 heterocycles. The van der Waals surface area contributed by atoms with Crippen LogP contribution < -0.4 is 4.90 Å². The third-order valence-electron chi connectivity index (χ3n) is 5.42. The van der Waals surface area contributed by atoms with Crippen LogP contribution in [0.15, 0.2) is 66.9 Å². The zero-order valence-electron chi connectivity index (χ0n) is 19.3. The molecular weight excluding hydrogens is 895 g/mol. The van der Waals surface area contributed by atoms with E-state index >= 15 is 0 Å². The molecule has 1 fully saturated rings. The van der Waals surface area contributed by atoms with E-state index in [-0.39, 0.29) is 88.1 Å². The number of benzene rings is 2. The average Bonchev–Trinajstić information content (AvgIpc) is 2.86. The number of aromatic nitrogens is 1. The van der Waals surface area contributed by atoms with E-state index in [2.05, 4.69) is 39.0 Å². The van der Waals surface area contributed by atoms with Gasteiger partial charge in [-0.05, 0) is 23.3 Å². The molecule has 1 aromatic heterocycles. The zero-order chi connectivity index (χ0) is 22.8. The summed E-state index contributed by atoms with van der Waals surface area (Å²) in [4.78, 5) is 9.15. The van der Waals surface area contributed by atoms with Gasteiger partial charge < -0.3 is 16.4 Å². The molecule has 1 aliphatic rings. The van der Waals surface area contributed by atoms with Gasteiger partial charge in [0.1, 0.15) is 5.82 Å². The predicted octanol–water partition coefficient (Wildman–Crippen LogP) is 6.59. The molecule has 9 heteroatoms. The van der Waals surface area contributed by atoms with Gasteiger partial charge in [0.25, 0.3) is 0 Å². The Morgan fingerprint density at radius 1 is 0.706 bits per heavy atom. The maximum atomic E-state index is 7.35. The molecule has 0 unspecified atom stereocenters. The molecular formula is C25H29Ac2Cl2N5-2. The first kappa shape index (κ1) is 32.8. The number of alkyl halides is 1. The van der Waals surface area contributed by atoms with Gasteiger partial charge in [-0.3, -0.25) is 4.90 Å². The average molecular weight is 924 g/mol. The standard InChI is InChI=1S/C17H20ClN4.C8H9ClN.2Ac/c18-16-5-6-17(20-12-16)22-9-7-21(8-10-22)13-15-3-1-14(11-19)2-4-15;9-5-7-1-3-8(6-10)4-2-7;;/h1-6,12,19H,7-11,13H2;1-4,10H,5-6H2;;/q2*-1;;. The molecule has 176 valence electrons. The number of hydrogen-bond donors (Lipinski definition) is 0. The normalized spacial score (nSPS) is 13.2. The molecule has 2 N–H and O–H groups in total. The first-order valence-electron chi connectivity index (χ1n) is 10.7. The fourth-order valence-electron chi connectivity index (χ4n) is 3.46. The van der Waals surface area contributed by atoms with E-state index in [1.807, 2.05) is 36.4 Å². The largest absolute Gasteiger partial charge is 0.674 e. The van der Waals surface area contributed by atoms with Crippen LogP contribution in [-0.4, -0.2) is 36.1 Å². The Morgan fingerprint density at radius 3 is 1.65 bits per heavy atom. The number of anilines is 1. The third-order valence-corrected chi connectivity index (χ3v) is 5.95. The smallest absolute Gasteiger partial charge is 0.128 e.